The van der Waals surface area contributed by atoms with Crippen LogP contribution in [0.1, 0.15) is 13.8 Å². The number of hydrogen-bond donors (Lipinski definition) is 2. The number of aliphatic hydroxyl groups is 1. The lowest BCUT2D eigenvalue weighted by Gasteiger charge is -2.27. The molecule has 0 rings (SSSR count). The maximum absolute atomic E-state index is 8.79. The van der Waals surface area contributed by atoms with Crippen LogP contribution in [0.5, 0.6) is 0 Å². The van der Waals surface area contributed by atoms with Gasteiger partial charge < -0.3 is 15.7 Å². The molecular formula is C7H18N2O. The van der Waals surface area contributed by atoms with Crippen LogP contribution in [-0.2, 0) is 0 Å². The lowest BCUT2D eigenvalue weighted by atomic mass is 10.1. The first-order valence-electron chi connectivity index (χ1n) is 3.60. The van der Waals surface area contributed by atoms with Crippen LogP contribution in [0.4, 0.5) is 0 Å². The van der Waals surface area contributed by atoms with Crippen LogP contribution in [0.15, 0.2) is 0 Å². The average molecular weight is 146 g/mol. The second kappa shape index (κ2) is 3.91. The second-order valence-electron chi connectivity index (χ2n) is 3.14. The molecule has 0 aromatic carbocycles. The Morgan fingerprint density at radius 2 is 2.10 bits per heavy atom. The molecule has 3 N–H and O–H groups in total. The Labute approximate surface area is 62.8 Å². The highest BCUT2D eigenvalue weighted by atomic mass is 16.3. The van der Waals surface area contributed by atoms with E-state index in [2.05, 4.69) is 11.8 Å². The van der Waals surface area contributed by atoms with Crippen molar-refractivity contribution in [3.8, 4) is 0 Å². The molecule has 3 heteroatoms. The summed E-state index contributed by atoms with van der Waals surface area (Å²) < 4.78 is 0. The zero-order chi connectivity index (χ0) is 8.20. The van der Waals surface area contributed by atoms with Crippen molar-refractivity contribution in [1.29, 1.82) is 0 Å². The van der Waals surface area contributed by atoms with E-state index in [9.17, 15) is 0 Å². The number of rotatable bonds is 4. The molecule has 0 radical (unpaired) electrons. The Bertz CT molecular complexity index is 93.6. The molecule has 0 spiro atoms. The molecule has 0 amide bonds. The van der Waals surface area contributed by atoms with Gasteiger partial charge in [-0.3, -0.25) is 0 Å². The predicted molar refractivity (Wildman–Crippen MR) is 42.8 cm³/mol. The van der Waals surface area contributed by atoms with Crippen LogP contribution in [0, 0.1) is 0 Å². The monoisotopic (exact) mass is 146 g/mol. The lowest BCUT2D eigenvalue weighted by Crippen LogP contribution is -2.49. The highest BCUT2D eigenvalue weighted by molar-refractivity contribution is 4.80. The van der Waals surface area contributed by atoms with Crippen LogP contribution >= 0.6 is 0 Å². The Morgan fingerprint density at radius 1 is 1.60 bits per heavy atom. The standard InChI is InChI=1S/C7H18N2O/c1-4-9(3)5-7(2,8)6-10/h10H,4-6,8H2,1-3H3. The maximum Gasteiger partial charge on any atom is 0.0621 e. The summed E-state index contributed by atoms with van der Waals surface area (Å²) in [5, 5.41) is 8.79. The highest BCUT2D eigenvalue weighted by Crippen LogP contribution is 1.98. The minimum absolute atomic E-state index is 0.0390. The fourth-order valence-corrected chi connectivity index (χ4v) is 0.778. The van der Waals surface area contributed by atoms with E-state index in [0.29, 0.717) is 0 Å². The van der Waals surface area contributed by atoms with Gasteiger partial charge in [0.2, 0.25) is 0 Å². The molecule has 0 fully saturated rings. The molecule has 1 unspecified atom stereocenters. The molecule has 0 aliphatic heterocycles. The minimum Gasteiger partial charge on any atom is -0.394 e. The van der Waals surface area contributed by atoms with Crippen LogP contribution < -0.4 is 5.73 Å². The molecule has 1 atom stereocenters. The number of likely N-dealkylation sites (N-methyl/N-ethyl adjacent to an activating group) is 1. The number of aliphatic hydroxyl groups excluding tert-OH is 1. The summed E-state index contributed by atoms with van der Waals surface area (Å²) in [6, 6.07) is 0. The first-order chi connectivity index (χ1) is 4.52. The van der Waals surface area contributed by atoms with E-state index in [4.69, 9.17) is 10.8 Å². The van der Waals surface area contributed by atoms with Gasteiger partial charge in [0.05, 0.1) is 6.61 Å². The van der Waals surface area contributed by atoms with Gasteiger partial charge in [0.15, 0.2) is 0 Å². The van der Waals surface area contributed by atoms with Crippen molar-refractivity contribution in [2.45, 2.75) is 19.4 Å². The van der Waals surface area contributed by atoms with E-state index in [1.54, 1.807) is 0 Å². The van der Waals surface area contributed by atoms with Gasteiger partial charge in [0, 0.05) is 12.1 Å². The summed E-state index contributed by atoms with van der Waals surface area (Å²) in [4.78, 5) is 2.08. The van der Waals surface area contributed by atoms with Gasteiger partial charge in [-0.05, 0) is 20.5 Å². The number of hydrogen-bond acceptors (Lipinski definition) is 3. The smallest absolute Gasteiger partial charge is 0.0621 e. The van der Waals surface area contributed by atoms with Gasteiger partial charge in [-0.15, -0.1) is 0 Å². The second-order valence-corrected chi connectivity index (χ2v) is 3.14. The molecular weight excluding hydrogens is 128 g/mol. The van der Waals surface area contributed by atoms with E-state index in [0.717, 1.165) is 13.1 Å². The molecule has 0 aliphatic carbocycles. The Kier molecular flexibility index (Phi) is 3.86. The Morgan fingerprint density at radius 3 is 2.40 bits per heavy atom. The largest absolute Gasteiger partial charge is 0.394 e. The molecule has 0 bridgehead atoms. The van der Waals surface area contributed by atoms with Crippen LogP contribution in [0.2, 0.25) is 0 Å². The zero-order valence-electron chi connectivity index (χ0n) is 7.09. The summed E-state index contributed by atoms with van der Waals surface area (Å²) in [6.45, 7) is 5.65. The predicted octanol–water partition coefficient (Wildman–Crippen LogP) is -0.352. The van der Waals surface area contributed by atoms with Gasteiger partial charge in [-0.25, -0.2) is 0 Å². The first kappa shape index (κ1) is 9.88. The van der Waals surface area contributed by atoms with Gasteiger partial charge >= 0.3 is 0 Å². The fraction of sp³-hybridized carbons (Fsp3) is 1.00. The van der Waals surface area contributed by atoms with Crippen molar-refractivity contribution < 1.29 is 5.11 Å². The molecule has 0 aliphatic rings. The van der Waals surface area contributed by atoms with Gasteiger partial charge in [0.25, 0.3) is 0 Å². The zero-order valence-corrected chi connectivity index (χ0v) is 7.09. The molecule has 3 nitrogen and oxygen atoms in total. The number of nitrogens with two attached hydrogens (primary N) is 1. The summed E-state index contributed by atoms with van der Waals surface area (Å²) >= 11 is 0. The van der Waals surface area contributed by atoms with Crippen LogP contribution in [0.3, 0.4) is 0 Å². The molecule has 10 heavy (non-hydrogen) atoms. The normalized spacial score (nSPS) is 17.4. The fourth-order valence-electron chi connectivity index (χ4n) is 0.778. The van der Waals surface area contributed by atoms with Crippen molar-refractivity contribution >= 4 is 0 Å². The minimum atomic E-state index is -0.454. The maximum atomic E-state index is 8.79. The van der Waals surface area contributed by atoms with Crippen LogP contribution in [-0.4, -0.2) is 42.3 Å². The third-order valence-electron chi connectivity index (χ3n) is 1.53. The molecule has 0 saturated heterocycles. The van der Waals surface area contributed by atoms with Crippen molar-refractivity contribution in [2.75, 3.05) is 26.7 Å². The summed E-state index contributed by atoms with van der Waals surface area (Å²) in [5.74, 6) is 0. The van der Waals surface area contributed by atoms with Crippen molar-refractivity contribution in [3.05, 3.63) is 0 Å². The topological polar surface area (TPSA) is 49.5 Å². The van der Waals surface area contributed by atoms with Gasteiger partial charge in [0.1, 0.15) is 0 Å². The van der Waals surface area contributed by atoms with Crippen molar-refractivity contribution in [3.63, 3.8) is 0 Å². The van der Waals surface area contributed by atoms with E-state index in [1.165, 1.54) is 0 Å². The average Bonchev–Trinajstić information content (AvgIpc) is 1.87. The van der Waals surface area contributed by atoms with E-state index >= 15 is 0 Å². The van der Waals surface area contributed by atoms with E-state index in [1.807, 2.05) is 14.0 Å². The van der Waals surface area contributed by atoms with Crippen molar-refractivity contribution in [2.24, 2.45) is 5.73 Å². The lowest BCUT2D eigenvalue weighted by molar-refractivity contribution is 0.166. The van der Waals surface area contributed by atoms with Gasteiger partial charge in [-0.2, -0.15) is 0 Å². The van der Waals surface area contributed by atoms with E-state index < -0.39 is 5.54 Å². The Hall–Kier alpha value is -0.120. The van der Waals surface area contributed by atoms with E-state index in [-0.39, 0.29) is 6.61 Å². The third-order valence-corrected chi connectivity index (χ3v) is 1.53. The molecule has 0 aromatic rings. The molecule has 62 valence electrons. The summed E-state index contributed by atoms with van der Waals surface area (Å²) in [7, 11) is 1.99. The quantitative estimate of drug-likeness (QED) is 0.570. The van der Waals surface area contributed by atoms with Crippen molar-refractivity contribution in [1.82, 2.24) is 4.90 Å². The summed E-state index contributed by atoms with van der Waals surface area (Å²) in [6.07, 6.45) is 0. The SMILES string of the molecule is CCN(C)CC(C)(N)CO. The van der Waals surface area contributed by atoms with Crippen LogP contribution in [0.25, 0.3) is 0 Å². The molecule has 0 aromatic heterocycles. The third kappa shape index (κ3) is 3.82. The summed E-state index contributed by atoms with van der Waals surface area (Å²) in [5.41, 5.74) is 5.25. The first-order valence-corrected chi connectivity index (χ1v) is 3.60. The number of nitrogens with zero attached hydrogens (tertiary/aromatic N) is 1. The molecule has 0 heterocycles. The highest BCUT2D eigenvalue weighted by Gasteiger charge is 2.17. The van der Waals surface area contributed by atoms with Gasteiger partial charge in [-0.1, -0.05) is 6.92 Å². The Balaban J connectivity index is 3.64. The molecule has 0 saturated carbocycles.